The van der Waals surface area contributed by atoms with Crippen molar-refractivity contribution in [2.75, 3.05) is 14.2 Å². The molecule has 94 valence electrons. The van der Waals surface area contributed by atoms with Crippen molar-refractivity contribution in [1.29, 1.82) is 0 Å². The normalized spacial score (nSPS) is 11.8. The van der Waals surface area contributed by atoms with Crippen molar-refractivity contribution in [3.05, 3.63) is 18.2 Å². The van der Waals surface area contributed by atoms with Crippen molar-refractivity contribution in [3.63, 3.8) is 0 Å². The second-order valence-electron chi connectivity index (χ2n) is 3.29. The largest absolute Gasteiger partial charge is 0.493 e. The Kier molecular flexibility index (Phi) is 5.28. The number of ether oxygens (including phenoxy) is 3. The minimum absolute atomic E-state index is 0.306. The standard InChI is InChI=1S/C12H15BrO4/c1-4-8(13)12(14)17-11-9(15-2)6-5-7-10(11)16-3/h5-8H,4H2,1-3H3. The van der Waals surface area contributed by atoms with Gasteiger partial charge in [-0.05, 0) is 18.6 Å². The summed E-state index contributed by atoms with van der Waals surface area (Å²) in [6.07, 6.45) is 0.649. The third-order valence-electron chi connectivity index (χ3n) is 2.20. The van der Waals surface area contributed by atoms with Gasteiger partial charge in [0.2, 0.25) is 5.75 Å². The van der Waals surface area contributed by atoms with Crippen LogP contribution in [-0.2, 0) is 4.79 Å². The average Bonchev–Trinajstić information content (AvgIpc) is 2.37. The molecule has 0 aliphatic carbocycles. The van der Waals surface area contributed by atoms with Gasteiger partial charge in [-0.3, -0.25) is 4.79 Å². The van der Waals surface area contributed by atoms with Crippen LogP contribution in [0.5, 0.6) is 17.2 Å². The Morgan fingerprint density at radius 3 is 2.24 bits per heavy atom. The smallest absolute Gasteiger partial charge is 0.325 e. The Labute approximate surface area is 109 Å². The van der Waals surface area contributed by atoms with Gasteiger partial charge in [0, 0.05) is 0 Å². The fraction of sp³-hybridized carbons (Fsp3) is 0.417. The number of hydrogen-bond donors (Lipinski definition) is 0. The van der Waals surface area contributed by atoms with Gasteiger partial charge in [0.25, 0.3) is 0 Å². The van der Waals surface area contributed by atoms with Crippen LogP contribution in [-0.4, -0.2) is 25.0 Å². The maximum absolute atomic E-state index is 11.7. The fourth-order valence-electron chi connectivity index (χ4n) is 1.25. The molecule has 4 nitrogen and oxygen atoms in total. The first-order chi connectivity index (χ1) is 8.13. The third kappa shape index (κ3) is 3.36. The highest BCUT2D eigenvalue weighted by atomic mass is 79.9. The number of halogens is 1. The summed E-state index contributed by atoms with van der Waals surface area (Å²) >= 11 is 3.24. The third-order valence-corrected chi connectivity index (χ3v) is 3.22. The van der Waals surface area contributed by atoms with Crippen molar-refractivity contribution in [1.82, 2.24) is 0 Å². The molecule has 0 heterocycles. The second kappa shape index (κ2) is 6.49. The first kappa shape index (κ1) is 13.8. The summed E-state index contributed by atoms with van der Waals surface area (Å²) in [6, 6.07) is 5.18. The minimum atomic E-state index is -0.365. The predicted octanol–water partition coefficient (Wildman–Crippen LogP) is 2.78. The molecule has 1 atom stereocenters. The quantitative estimate of drug-likeness (QED) is 0.477. The Balaban J connectivity index is 2.99. The minimum Gasteiger partial charge on any atom is -0.493 e. The SMILES string of the molecule is CCC(Br)C(=O)Oc1c(OC)cccc1OC. The van der Waals surface area contributed by atoms with E-state index in [-0.39, 0.29) is 10.8 Å². The van der Waals surface area contributed by atoms with Gasteiger partial charge in [0.05, 0.1) is 14.2 Å². The number of carbonyl (C=O) groups is 1. The molecule has 1 rings (SSSR count). The molecule has 0 aliphatic rings. The van der Waals surface area contributed by atoms with E-state index in [0.29, 0.717) is 23.7 Å². The average molecular weight is 303 g/mol. The van der Waals surface area contributed by atoms with E-state index in [1.54, 1.807) is 18.2 Å². The summed E-state index contributed by atoms with van der Waals surface area (Å²) in [5.41, 5.74) is 0. The molecule has 0 spiro atoms. The van der Waals surface area contributed by atoms with Gasteiger partial charge in [-0.15, -0.1) is 0 Å². The molecule has 0 saturated heterocycles. The van der Waals surface area contributed by atoms with Gasteiger partial charge < -0.3 is 14.2 Å². The first-order valence-electron chi connectivity index (χ1n) is 5.20. The molecular weight excluding hydrogens is 288 g/mol. The summed E-state index contributed by atoms with van der Waals surface area (Å²) in [6.45, 7) is 1.89. The topological polar surface area (TPSA) is 44.8 Å². The maximum atomic E-state index is 11.7. The summed E-state index contributed by atoms with van der Waals surface area (Å²) < 4.78 is 15.5. The van der Waals surface area contributed by atoms with E-state index in [2.05, 4.69) is 15.9 Å². The van der Waals surface area contributed by atoms with Gasteiger partial charge >= 0.3 is 5.97 Å². The summed E-state index contributed by atoms with van der Waals surface area (Å²) in [5, 5.41) is 0. The molecule has 0 bridgehead atoms. The van der Waals surface area contributed by atoms with E-state index in [0.717, 1.165) is 0 Å². The molecule has 17 heavy (non-hydrogen) atoms. The number of esters is 1. The molecule has 0 amide bonds. The second-order valence-corrected chi connectivity index (χ2v) is 4.39. The Morgan fingerprint density at radius 2 is 1.82 bits per heavy atom. The summed E-state index contributed by atoms with van der Waals surface area (Å²) in [7, 11) is 3.02. The number of hydrogen-bond acceptors (Lipinski definition) is 4. The molecule has 0 aliphatic heterocycles. The van der Waals surface area contributed by atoms with Crippen LogP contribution < -0.4 is 14.2 Å². The van der Waals surface area contributed by atoms with Crippen LogP contribution in [0.15, 0.2) is 18.2 Å². The highest BCUT2D eigenvalue weighted by molar-refractivity contribution is 9.10. The van der Waals surface area contributed by atoms with Crippen LogP contribution in [0.3, 0.4) is 0 Å². The number of rotatable bonds is 5. The summed E-state index contributed by atoms with van der Waals surface area (Å²) in [5.74, 6) is 0.873. The Morgan fingerprint density at radius 1 is 1.29 bits per heavy atom. The molecule has 0 fully saturated rings. The number of para-hydroxylation sites is 1. The van der Waals surface area contributed by atoms with E-state index < -0.39 is 0 Å². The van der Waals surface area contributed by atoms with Crippen molar-refractivity contribution < 1.29 is 19.0 Å². The van der Waals surface area contributed by atoms with Gasteiger partial charge in [-0.25, -0.2) is 0 Å². The van der Waals surface area contributed by atoms with E-state index >= 15 is 0 Å². The lowest BCUT2D eigenvalue weighted by atomic mass is 10.3. The molecule has 0 saturated carbocycles. The van der Waals surface area contributed by atoms with E-state index in [1.165, 1.54) is 14.2 Å². The maximum Gasteiger partial charge on any atom is 0.325 e. The number of carbonyl (C=O) groups excluding carboxylic acids is 1. The lowest BCUT2D eigenvalue weighted by Gasteiger charge is -2.14. The molecule has 1 unspecified atom stereocenters. The van der Waals surface area contributed by atoms with E-state index in [1.807, 2.05) is 6.92 Å². The van der Waals surface area contributed by atoms with Crippen LogP contribution in [0.2, 0.25) is 0 Å². The van der Waals surface area contributed by atoms with E-state index in [9.17, 15) is 4.79 Å². The zero-order valence-corrected chi connectivity index (χ0v) is 11.6. The number of methoxy groups -OCH3 is 2. The predicted molar refractivity (Wildman–Crippen MR) is 68.2 cm³/mol. The molecule has 0 radical (unpaired) electrons. The molecule has 1 aromatic rings. The van der Waals surface area contributed by atoms with Gasteiger partial charge in [-0.2, -0.15) is 0 Å². The first-order valence-corrected chi connectivity index (χ1v) is 6.12. The lowest BCUT2D eigenvalue weighted by Crippen LogP contribution is -2.20. The highest BCUT2D eigenvalue weighted by Gasteiger charge is 2.20. The number of benzene rings is 1. The Hall–Kier alpha value is -1.23. The highest BCUT2D eigenvalue weighted by Crippen LogP contribution is 2.37. The van der Waals surface area contributed by atoms with Crippen LogP contribution in [0.25, 0.3) is 0 Å². The van der Waals surface area contributed by atoms with Crippen LogP contribution in [0, 0.1) is 0 Å². The zero-order valence-electron chi connectivity index (χ0n) is 10.0. The van der Waals surface area contributed by atoms with Crippen molar-refractivity contribution in [2.24, 2.45) is 0 Å². The monoisotopic (exact) mass is 302 g/mol. The molecule has 0 N–H and O–H groups in total. The zero-order chi connectivity index (χ0) is 12.8. The fourth-order valence-corrected chi connectivity index (χ4v) is 1.34. The van der Waals surface area contributed by atoms with Crippen LogP contribution >= 0.6 is 15.9 Å². The van der Waals surface area contributed by atoms with Gasteiger partial charge in [0.15, 0.2) is 11.5 Å². The van der Waals surface area contributed by atoms with Crippen LogP contribution in [0.4, 0.5) is 0 Å². The Bertz CT molecular complexity index is 370. The molecular formula is C12H15BrO4. The van der Waals surface area contributed by atoms with Crippen molar-refractivity contribution >= 4 is 21.9 Å². The van der Waals surface area contributed by atoms with E-state index in [4.69, 9.17) is 14.2 Å². The van der Waals surface area contributed by atoms with Gasteiger partial charge in [-0.1, -0.05) is 28.9 Å². The number of alkyl halides is 1. The molecule has 0 aromatic heterocycles. The lowest BCUT2D eigenvalue weighted by molar-refractivity contribution is -0.133. The van der Waals surface area contributed by atoms with Gasteiger partial charge in [0.1, 0.15) is 4.83 Å². The molecule has 5 heteroatoms. The summed E-state index contributed by atoms with van der Waals surface area (Å²) in [4.78, 5) is 11.4. The van der Waals surface area contributed by atoms with Crippen LogP contribution in [0.1, 0.15) is 13.3 Å². The molecule has 1 aromatic carbocycles. The van der Waals surface area contributed by atoms with Crippen molar-refractivity contribution in [2.45, 2.75) is 18.2 Å². The van der Waals surface area contributed by atoms with Crippen molar-refractivity contribution in [3.8, 4) is 17.2 Å².